The minimum atomic E-state index is -2.55. The molecule has 0 spiro atoms. The van der Waals surface area contributed by atoms with E-state index in [2.05, 4.69) is 9.97 Å². The number of hydrogen-bond acceptors (Lipinski definition) is 2. The van der Waals surface area contributed by atoms with Gasteiger partial charge in [-0.15, -0.1) is 0 Å². The van der Waals surface area contributed by atoms with E-state index in [4.69, 9.17) is 0 Å². The fourth-order valence-corrected chi connectivity index (χ4v) is 3.29. The SMILES string of the molecule is O=C(O)C1CCCc2[nH]c(C3CCC(F)(F)CC3)nc21. The molecule has 4 nitrogen and oxygen atoms in total. The quantitative estimate of drug-likeness (QED) is 0.876. The Labute approximate surface area is 115 Å². The molecular weight excluding hydrogens is 266 g/mol. The van der Waals surface area contributed by atoms with E-state index in [9.17, 15) is 18.7 Å². The van der Waals surface area contributed by atoms with E-state index < -0.39 is 17.8 Å². The molecule has 0 bridgehead atoms. The molecule has 3 rings (SSSR count). The molecule has 0 aromatic carbocycles. The fraction of sp³-hybridized carbons (Fsp3) is 0.714. The predicted molar refractivity (Wildman–Crippen MR) is 68.1 cm³/mol. The maximum Gasteiger partial charge on any atom is 0.312 e. The number of hydrogen-bond donors (Lipinski definition) is 2. The number of nitrogens with one attached hydrogen (secondary N) is 1. The van der Waals surface area contributed by atoms with Gasteiger partial charge in [-0.2, -0.15) is 0 Å². The molecule has 1 aromatic rings. The summed E-state index contributed by atoms with van der Waals surface area (Å²) in [6.07, 6.45) is 2.85. The van der Waals surface area contributed by atoms with Gasteiger partial charge in [-0.3, -0.25) is 4.79 Å². The number of aromatic nitrogens is 2. The van der Waals surface area contributed by atoms with E-state index in [1.54, 1.807) is 0 Å². The standard InChI is InChI=1S/C14H18F2N2O2/c15-14(16)6-4-8(5-7-14)12-17-10-3-1-2-9(13(19)20)11(10)18-12/h8-9H,1-7H2,(H,17,18)(H,19,20). The van der Waals surface area contributed by atoms with Crippen LogP contribution in [0.4, 0.5) is 8.78 Å². The lowest BCUT2D eigenvalue weighted by atomic mass is 9.86. The molecule has 1 heterocycles. The van der Waals surface area contributed by atoms with Gasteiger partial charge in [0.05, 0.1) is 5.69 Å². The van der Waals surface area contributed by atoms with Crippen molar-refractivity contribution in [2.24, 2.45) is 0 Å². The smallest absolute Gasteiger partial charge is 0.312 e. The highest BCUT2D eigenvalue weighted by Crippen LogP contribution is 2.41. The Morgan fingerprint density at radius 1 is 1.30 bits per heavy atom. The summed E-state index contributed by atoms with van der Waals surface area (Å²) < 4.78 is 26.4. The van der Waals surface area contributed by atoms with E-state index in [0.717, 1.165) is 18.5 Å². The van der Waals surface area contributed by atoms with Gasteiger partial charge in [0.15, 0.2) is 0 Å². The molecule has 1 fully saturated rings. The minimum absolute atomic E-state index is 0.00895. The van der Waals surface area contributed by atoms with Crippen molar-refractivity contribution in [2.75, 3.05) is 0 Å². The third-order valence-electron chi connectivity index (χ3n) is 4.48. The molecule has 0 radical (unpaired) electrons. The summed E-state index contributed by atoms with van der Waals surface area (Å²) in [5.74, 6) is -3.23. The number of nitrogens with zero attached hydrogens (tertiary/aromatic N) is 1. The van der Waals surface area contributed by atoms with Crippen molar-refractivity contribution in [3.63, 3.8) is 0 Å². The molecule has 2 aliphatic rings. The first-order valence-electron chi connectivity index (χ1n) is 7.15. The first-order valence-corrected chi connectivity index (χ1v) is 7.15. The number of fused-ring (bicyclic) bond motifs is 1. The summed E-state index contributed by atoms with van der Waals surface area (Å²) in [5.41, 5.74) is 1.51. The van der Waals surface area contributed by atoms with Gasteiger partial charge in [0.2, 0.25) is 5.92 Å². The number of rotatable bonds is 2. The lowest BCUT2D eigenvalue weighted by Crippen LogP contribution is -2.24. The van der Waals surface area contributed by atoms with Crippen molar-refractivity contribution in [3.8, 4) is 0 Å². The molecule has 1 atom stereocenters. The van der Waals surface area contributed by atoms with Crippen LogP contribution >= 0.6 is 0 Å². The summed E-state index contributed by atoms with van der Waals surface area (Å²) in [6.45, 7) is 0. The number of alkyl halides is 2. The third-order valence-corrected chi connectivity index (χ3v) is 4.48. The second-order valence-corrected chi connectivity index (χ2v) is 5.90. The zero-order valence-corrected chi connectivity index (χ0v) is 11.2. The molecular formula is C14H18F2N2O2. The van der Waals surface area contributed by atoms with Gasteiger partial charge in [-0.25, -0.2) is 13.8 Å². The zero-order chi connectivity index (χ0) is 14.3. The Bertz CT molecular complexity index is 517. The fourth-order valence-electron chi connectivity index (χ4n) is 3.29. The van der Waals surface area contributed by atoms with Crippen molar-refractivity contribution in [3.05, 3.63) is 17.2 Å². The minimum Gasteiger partial charge on any atom is -0.481 e. The molecule has 1 aromatic heterocycles. The van der Waals surface area contributed by atoms with Gasteiger partial charge in [0.1, 0.15) is 11.7 Å². The van der Waals surface area contributed by atoms with E-state index in [0.29, 0.717) is 30.8 Å². The molecule has 6 heteroatoms. The van der Waals surface area contributed by atoms with E-state index in [-0.39, 0.29) is 18.8 Å². The van der Waals surface area contributed by atoms with Crippen LogP contribution in [0.25, 0.3) is 0 Å². The highest BCUT2D eigenvalue weighted by molar-refractivity contribution is 5.76. The normalized spacial score (nSPS) is 26.2. The van der Waals surface area contributed by atoms with E-state index >= 15 is 0 Å². The monoisotopic (exact) mass is 284 g/mol. The summed E-state index contributed by atoms with van der Waals surface area (Å²) in [6, 6.07) is 0. The van der Waals surface area contributed by atoms with Crippen LogP contribution in [-0.2, 0) is 11.2 Å². The maximum atomic E-state index is 13.2. The second kappa shape index (κ2) is 4.82. The number of carboxylic acid groups (broad SMARTS) is 1. The Hall–Kier alpha value is -1.46. The number of carbonyl (C=O) groups is 1. The Kier molecular flexibility index (Phi) is 3.26. The van der Waals surface area contributed by atoms with Crippen molar-refractivity contribution in [1.82, 2.24) is 9.97 Å². The molecule has 110 valence electrons. The van der Waals surface area contributed by atoms with Crippen LogP contribution in [0.15, 0.2) is 0 Å². The Morgan fingerprint density at radius 3 is 2.65 bits per heavy atom. The lowest BCUT2D eigenvalue weighted by molar-refractivity contribution is -0.139. The molecule has 0 saturated heterocycles. The van der Waals surface area contributed by atoms with Gasteiger partial charge in [-0.1, -0.05) is 0 Å². The summed E-state index contributed by atoms with van der Waals surface area (Å²) in [7, 11) is 0. The Balaban J connectivity index is 1.81. The lowest BCUT2D eigenvalue weighted by Gasteiger charge is -2.26. The third kappa shape index (κ3) is 2.43. The molecule has 2 N–H and O–H groups in total. The number of aromatic amines is 1. The molecule has 20 heavy (non-hydrogen) atoms. The van der Waals surface area contributed by atoms with Gasteiger partial charge in [0.25, 0.3) is 0 Å². The largest absolute Gasteiger partial charge is 0.481 e. The van der Waals surface area contributed by atoms with Crippen molar-refractivity contribution >= 4 is 5.97 Å². The van der Waals surface area contributed by atoms with Gasteiger partial charge in [0, 0.05) is 24.5 Å². The van der Waals surface area contributed by atoms with Crippen LogP contribution in [0, 0.1) is 0 Å². The van der Waals surface area contributed by atoms with Crippen LogP contribution in [0.1, 0.15) is 67.6 Å². The van der Waals surface area contributed by atoms with Crippen molar-refractivity contribution < 1.29 is 18.7 Å². The van der Waals surface area contributed by atoms with Crippen LogP contribution in [0.2, 0.25) is 0 Å². The van der Waals surface area contributed by atoms with Crippen molar-refractivity contribution in [1.29, 1.82) is 0 Å². The van der Waals surface area contributed by atoms with E-state index in [1.165, 1.54) is 0 Å². The number of halogens is 2. The van der Waals surface area contributed by atoms with Gasteiger partial charge < -0.3 is 10.1 Å². The van der Waals surface area contributed by atoms with Gasteiger partial charge in [-0.05, 0) is 32.1 Å². The molecule has 1 saturated carbocycles. The molecule has 1 unspecified atom stereocenters. The molecule has 2 aliphatic carbocycles. The summed E-state index contributed by atoms with van der Waals surface area (Å²) in [5, 5.41) is 9.22. The topological polar surface area (TPSA) is 66.0 Å². The van der Waals surface area contributed by atoms with Crippen LogP contribution in [-0.4, -0.2) is 27.0 Å². The summed E-state index contributed by atoms with van der Waals surface area (Å²) >= 11 is 0. The zero-order valence-electron chi connectivity index (χ0n) is 11.2. The number of aryl methyl sites for hydroxylation is 1. The average molecular weight is 284 g/mol. The van der Waals surface area contributed by atoms with Crippen LogP contribution in [0.5, 0.6) is 0 Å². The molecule has 0 amide bonds. The maximum absolute atomic E-state index is 13.2. The van der Waals surface area contributed by atoms with Crippen LogP contribution < -0.4 is 0 Å². The van der Waals surface area contributed by atoms with E-state index in [1.807, 2.05) is 0 Å². The number of H-pyrrole nitrogens is 1. The average Bonchev–Trinajstić information content (AvgIpc) is 2.81. The number of imidazole rings is 1. The van der Waals surface area contributed by atoms with Crippen LogP contribution in [0.3, 0.4) is 0 Å². The number of carboxylic acids is 1. The summed E-state index contributed by atoms with van der Waals surface area (Å²) in [4.78, 5) is 18.9. The highest BCUT2D eigenvalue weighted by Gasteiger charge is 2.37. The predicted octanol–water partition coefficient (Wildman–Crippen LogP) is 3.21. The molecule has 0 aliphatic heterocycles. The second-order valence-electron chi connectivity index (χ2n) is 5.90. The first-order chi connectivity index (χ1) is 9.46. The number of aliphatic carboxylic acids is 1. The Morgan fingerprint density at radius 2 is 2.00 bits per heavy atom. The van der Waals surface area contributed by atoms with Gasteiger partial charge >= 0.3 is 5.97 Å². The highest BCUT2D eigenvalue weighted by atomic mass is 19.3. The van der Waals surface area contributed by atoms with Crippen molar-refractivity contribution in [2.45, 2.75) is 62.7 Å². The first kappa shape index (κ1) is 13.5.